The molecule has 3 aromatic carbocycles. The van der Waals surface area contributed by atoms with Crippen molar-refractivity contribution in [2.24, 2.45) is 13.0 Å². The average molecular weight is 455 g/mol. The molecule has 0 N–H and O–H groups in total. The van der Waals surface area contributed by atoms with Crippen LogP contribution in [0.4, 0.5) is 4.39 Å². The molecule has 0 radical (unpaired) electrons. The number of nitrogens with zero attached hydrogens (tertiary/aromatic N) is 2. The van der Waals surface area contributed by atoms with Crippen molar-refractivity contribution in [2.75, 3.05) is 20.2 Å². The molecule has 2 unspecified atom stereocenters. The van der Waals surface area contributed by atoms with Gasteiger partial charge in [-0.2, -0.15) is 0 Å². The monoisotopic (exact) mass is 454 g/mol. The number of piperidine rings is 1. The predicted octanol–water partition coefficient (Wildman–Crippen LogP) is 5.88. The average Bonchev–Trinajstić information content (AvgIpc) is 3.13. The van der Waals surface area contributed by atoms with E-state index in [9.17, 15) is 4.39 Å². The Hall–Kier alpha value is -3.11. The summed E-state index contributed by atoms with van der Waals surface area (Å²) in [6, 6.07) is 24.7. The molecular formula is C30H31FN2O. The Bertz CT molecular complexity index is 1340. The fourth-order valence-corrected chi connectivity index (χ4v) is 6.58. The van der Waals surface area contributed by atoms with E-state index in [0.29, 0.717) is 5.92 Å². The van der Waals surface area contributed by atoms with Crippen LogP contribution in [0.15, 0.2) is 72.8 Å². The number of halogens is 1. The minimum Gasteiger partial charge on any atom is -0.497 e. The lowest BCUT2D eigenvalue weighted by Crippen LogP contribution is -2.53. The van der Waals surface area contributed by atoms with E-state index in [1.165, 1.54) is 22.4 Å². The van der Waals surface area contributed by atoms with Crippen LogP contribution in [0.5, 0.6) is 5.75 Å². The van der Waals surface area contributed by atoms with Gasteiger partial charge in [-0.3, -0.25) is 4.90 Å². The molecule has 0 saturated carbocycles. The third-order valence-electron chi connectivity index (χ3n) is 8.36. The first-order valence-electron chi connectivity index (χ1n) is 12.2. The van der Waals surface area contributed by atoms with E-state index in [-0.39, 0.29) is 11.2 Å². The van der Waals surface area contributed by atoms with Crippen molar-refractivity contribution < 1.29 is 9.13 Å². The SMILES string of the molecule is COc1cccc(C23CCN(Cc4ccccc4)CC2Cc2c(n(C)c4ccc(F)cc24)C3)c1. The number of aromatic nitrogens is 1. The molecule has 4 aromatic rings. The number of likely N-dealkylation sites (tertiary alicyclic amines) is 1. The van der Waals surface area contributed by atoms with Crippen LogP contribution in [-0.2, 0) is 31.8 Å². The van der Waals surface area contributed by atoms with Crippen LogP contribution in [0.3, 0.4) is 0 Å². The maximum absolute atomic E-state index is 14.2. The zero-order valence-electron chi connectivity index (χ0n) is 19.9. The summed E-state index contributed by atoms with van der Waals surface area (Å²) in [6.45, 7) is 3.08. The molecule has 6 rings (SSSR count). The molecule has 1 aliphatic heterocycles. The van der Waals surface area contributed by atoms with Gasteiger partial charge in [0, 0.05) is 42.1 Å². The molecule has 34 heavy (non-hydrogen) atoms. The molecule has 4 heteroatoms. The Morgan fingerprint density at radius 3 is 2.71 bits per heavy atom. The number of hydrogen-bond acceptors (Lipinski definition) is 2. The number of aryl methyl sites for hydroxylation is 1. The number of hydrogen-bond donors (Lipinski definition) is 0. The van der Waals surface area contributed by atoms with Gasteiger partial charge in [-0.15, -0.1) is 0 Å². The smallest absolute Gasteiger partial charge is 0.123 e. The standard InChI is InChI=1S/C30H31FN2O/c1-32-28-12-11-24(31)17-27(28)26-16-23-20-33(19-21-7-4-3-5-8-21)14-13-30(23,18-29(26)32)22-9-6-10-25(15-22)34-2/h3-12,15,17,23H,13-14,16,18-20H2,1-2H3. The summed E-state index contributed by atoms with van der Waals surface area (Å²) in [5, 5.41) is 1.08. The number of ether oxygens (including phenoxy) is 1. The normalized spacial score (nSPS) is 22.4. The van der Waals surface area contributed by atoms with Crippen molar-refractivity contribution in [3.63, 3.8) is 0 Å². The van der Waals surface area contributed by atoms with Gasteiger partial charge < -0.3 is 9.30 Å². The molecule has 2 heterocycles. The predicted molar refractivity (Wildman–Crippen MR) is 135 cm³/mol. The first-order valence-corrected chi connectivity index (χ1v) is 12.2. The summed E-state index contributed by atoms with van der Waals surface area (Å²) < 4.78 is 22.2. The summed E-state index contributed by atoms with van der Waals surface area (Å²) in [5.41, 5.74) is 6.61. The van der Waals surface area contributed by atoms with Gasteiger partial charge in [0.2, 0.25) is 0 Å². The second-order valence-electron chi connectivity index (χ2n) is 10.1. The van der Waals surface area contributed by atoms with E-state index in [1.807, 2.05) is 12.1 Å². The summed E-state index contributed by atoms with van der Waals surface area (Å²) in [5.74, 6) is 1.22. The summed E-state index contributed by atoms with van der Waals surface area (Å²) >= 11 is 0. The fraction of sp³-hybridized carbons (Fsp3) is 0.333. The minimum absolute atomic E-state index is 0.0510. The van der Waals surface area contributed by atoms with Gasteiger partial charge in [0.1, 0.15) is 11.6 Å². The van der Waals surface area contributed by atoms with Crippen LogP contribution in [0.2, 0.25) is 0 Å². The first kappa shape index (κ1) is 21.4. The highest BCUT2D eigenvalue weighted by Crippen LogP contribution is 2.50. The lowest BCUT2D eigenvalue weighted by Gasteiger charge is -2.51. The molecular weight excluding hydrogens is 423 g/mol. The summed E-state index contributed by atoms with van der Waals surface area (Å²) in [6.07, 6.45) is 3.05. The first-order chi connectivity index (χ1) is 16.6. The lowest BCUT2D eigenvalue weighted by atomic mass is 9.58. The van der Waals surface area contributed by atoms with Gasteiger partial charge in [0.15, 0.2) is 0 Å². The minimum atomic E-state index is -0.153. The van der Waals surface area contributed by atoms with Gasteiger partial charge in [0.05, 0.1) is 7.11 Å². The van der Waals surface area contributed by atoms with Gasteiger partial charge >= 0.3 is 0 Å². The van der Waals surface area contributed by atoms with E-state index in [0.717, 1.165) is 55.5 Å². The van der Waals surface area contributed by atoms with Crippen molar-refractivity contribution in [2.45, 2.75) is 31.2 Å². The molecule has 3 nitrogen and oxygen atoms in total. The van der Waals surface area contributed by atoms with Crippen LogP contribution in [0, 0.1) is 11.7 Å². The molecule has 174 valence electrons. The quantitative estimate of drug-likeness (QED) is 0.383. The fourth-order valence-electron chi connectivity index (χ4n) is 6.58. The number of methoxy groups -OCH3 is 1. The van der Waals surface area contributed by atoms with Crippen molar-refractivity contribution in [1.29, 1.82) is 0 Å². The molecule has 1 aliphatic carbocycles. The molecule has 1 saturated heterocycles. The molecule has 1 fully saturated rings. The largest absolute Gasteiger partial charge is 0.497 e. The second-order valence-corrected chi connectivity index (χ2v) is 10.1. The Labute approximate surface area is 200 Å². The molecule has 1 aromatic heterocycles. The number of benzene rings is 3. The highest BCUT2D eigenvalue weighted by molar-refractivity contribution is 5.86. The molecule has 0 bridgehead atoms. The Morgan fingerprint density at radius 2 is 1.88 bits per heavy atom. The van der Waals surface area contributed by atoms with Crippen LogP contribution >= 0.6 is 0 Å². The Kier molecular flexibility index (Phi) is 5.22. The van der Waals surface area contributed by atoms with Crippen LogP contribution < -0.4 is 4.74 Å². The van der Waals surface area contributed by atoms with E-state index in [2.05, 4.69) is 65.0 Å². The van der Waals surface area contributed by atoms with Crippen LogP contribution in [-0.4, -0.2) is 29.7 Å². The zero-order chi connectivity index (χ0) is 23.3. The van der Waals surface area contributed by atoms with Crippen molar-refractivity contribution in [1.82, 2.24) is 9.47 Å². The second kappa shape index (κ2) is 8.28. The topological polar surface area (TPSA) is 17.4 Å². The Morgan fingerprint density at radius 1 is 1.03 bits per heavy atom. The number of fused-ring (bicyclic) bond motifs is 4. The molecule has 0 spiro atoms. The Balaban J connectivity index is 1.44. The van der Waals surface area contributed by atoms with Crippen LogP contribution in [0.1, 0.15) is 28.8 Å². The third-order valence-corrected chi connectivity index (χ3v) is 8.36. The van der Waals surface area contributed by atoms with E-state index < -0.39 is 0 Å². The lowest BCUT2D eigenvalue weighted by molar-refractivity contribution is 0.0758. The van der Waals surface area contributed by atoms with E-state index >= 15 is 0 Å². The summed E-state index contributed by atoms with van der Waals surface area (Å²) in [7, 11) is 3.89. The van der Waals surface area contributed by atoms with Gasteiger partial charge in [0.25, 0.3) is 0 Å². The summed E-state index contributed by atoms with van der Waals surface area (Å²) in [4.78, 5) is 2.61. The zero-order valence-corrected chi connectivity index (χ0v) is 19.9. The highest BCUT2D eigenvalue weighted by Gasteiger charge is 2.48. The van der Waals surface area contributed by atoms with Gasteiger partial charge in [-0.25, -0.2) is 4.39 Å². The van der Waals surface area contributed by atoms with Crippen LogP contribution in [0.25, 0.3) is 10.9 Å². The maximum atomic E-state index is 14.2. The third kappa shape index (κ3) is 3.43. The molecule has 0 amide bonds. The highest BCUT2D eigenvalue weighted by atomic mass is 19.1. The van der Waals surface area contributed by atoms with E-state index in [1.54, 1.807) is 19.2 Å². The van der Waals surface area contributed by atoms with Gasteiger partial charge in [-0.1, -0.05) is 42.5 Å². The molecule has 2 aliphatic rings. The number of rotatable bonds is 4. The van der Waals surface area contributed by atoms with Crippen molar-refractivity contribution in [3.8, 4) is 5.75 Å². The van der Waals surface area contributed by atoms with E-state index in [4.69, 9.17) is 4.74 Å². The van der Waals surface area contributed by atoms with Crippen molar-refractivity contribution >= 4 is 10.9 Å². The van der Waals surface area contributed by atoms with Crippen molar-refractivity contribution in [3.05, 3.63) is 101 Å². The maximum Gasteiger partial charge on any atom is 0.123 e. The van der Waals surface area contributed by atoms with Gasteiger partial charge in [-0.05, 0) is 78.7 Å². The molecule has 2 atom stereocenters.